The second-order valence-electron chi connectivity index (χ2n) is 4.40. The summed E-state index contributed by atoms with van der Waals surface area (Å²) in [7, 11) is 0. The Morgan fingerprint density at radius 2 is 2.12 bits per heavy atom. The average molecular weight is 233 g/mol. The molecule has 0 aliphatic carbocycles. The van der Waals surface area contributed by atoms with Gasteiger partial charge in [-0.2, -0.15) is 0 Å². The molecule has 0 aliphatic heterocycles. The third-order valence-corrected chi connectivity index (χ3v) is 4.08. The topological polar surface area (TPSA) is 12.0 Å². The van der Waals surface area contributed by atoms with Gasteiger partial charge in [0.1, 0.15) is 0 Å². The van der Waals surface area contributed by atoms with Gasteiger partial charge in [-0.3, -0.25) is 0 Å². The summed E-state index contributed by atoms with van der Waals surface area (Å²) < 4.78 is 1.39. The number of hydrogen-bond donors (Lipinski definition) is 1. The van der Waals surface area contributed by atoms with Crippen LogP contribution in [0.1, 0.15) is 25.8 Å². The van der Waals surface area contributed by atoms with Gasteiger partial charge in [0.25, 0.3) is 0 Å². The van der Waals surface area contributed by atoms with Crippen LogP contribution >= 0.6 is 11.3 Å². The lowest BCUT2D eigenvalue weighted by Gasteiger charge is -2.09. The van der Waals surface area contributed by atoms with Gasteiger partial charge in [0.05, 0.1) is 0 Å². The summed E-state index contributed by atoms with van der Waals surface area (Å²) in [5.41, 5.74) is 1.43. The van der Waals surface area contributed by atoms with Crippen molar-refractivity contribution in [2.24, 2.45) is 5.92 Å². The largest absolute Gasteiger partial charge is 0.312 e. The monoisotopic (exact) mass is 233 g/mol. The number of thiophene rings is 1. The van der Waals surface area contributed by atoms with Crippen molar-refractivity contribution >= 4 is 21.4 Å². The van der Waals surface area contributed by atoms with E-state index in [9.17, 15) is 0 Å². The van der Waals surface area contributed by atoms with Gasteiger partial charge in [-0.15, -0.1) is 11.3 Å². The summed E-state index contributed by atoms with van der Waals surface area (Å²) in [6.45, 7) is 6.64. The Morgan fingerprint density at radius 1 is 1.31 bits per heavy atom. The Labute approximate surface area is 101 Å². The molecule has 2 rings (SSSR count). The second kappa shape index (κ2) is 5.46. The van der Waals surface area contributed by atoms with Crippen LogP contribution in [0, 0.1) is 5.92 Å². The summed E-state index contributed by atoms with van der Waals surface area (Å²) >= 11 is 1.84. The van der Waals surface area contributed by atoms with E-state index < -0.39 is 0 Å². The molecule has 0 amide bonds. The van der Waals surface area contributed by atoms with E-state index in [-0.39, 0.29) is 0 Å². The first-order valence-corrected chi connectivity index (χ1v) is 6.85. The predicted molar refractivity (Wildman–Crippen MR) is 73.0 cm³/mol. The van der Waals surface area contributed by atoms with Crippen LogP contribution in [0.2, 0.25) is 0 Å². The van der Waals surface area contributed by atoms with Gasteiger partial charge in [0.15, 0.2) is 0 Å². The lowest BCUT2D eigenvalue weighted by molar-refractivity contribution is 0.501. The van der Waals surface area contributed by atoms with Crippen LogP contribution in [-0.4, -0.2) is 6.54 Å². The molecule has 0 bridgehead atoms. The van der Waals surface area contributed by atoms with E-state index in [0.29, 0.717) is 0 Å². The van der Waals surface area contributed by atoms with Gasteiger partial charge in [-0.05, 0) is 34.9 Å². The molecule has 1 heterocycles. The van der Waals surface area contributed by atoms with E-state index in [1.807, 2.05) is 11.3 Å². The maximum absolute atomic E-state index is 3.54. The first-order chi connectivity index (χ1) is 7.81. The molecule has 1 aromatic carbocycles. The number of benzene rings is 1. The molecule has 1 N–H and O–H groups in total. The van der Waals surface area contributed by atoms with Crippen LogP contribution in [-0.2, 0) is 6.54 Å². The molecular formula is C14H19NS. The summed E-state index contributed by atoms with van der Waals surface area (Å²) in [5.74, 6) is 0.768. The molecule has 0 spiro atoms. The minimum Gasteiger partial charge on any atom is -0.312 e. The molecule has 2 heteroatoms. The minimum absolute atomic E-state index is 0.768. The van der Waals surface area contributed by atoms with Crippen molar-refractivity contribution in [1.82, 2.24) is 5.32 Å². The molecule has 1 atom stereocenters. The highest BCUT2D eigenvalue weighted by atomic mass is 32.1. The van der Waals surface area contributed by atoms with Gasteiger partial charge >= 0.3 is 0 Å². The first kappa shape index (κ1) is 11.6. The molecule has 2 aromatic rings. The number of fused-ring (bicyclic) bond motifs is 1. The maximum atomic E-state index is 3.54. The fraction of sp³-hybridized carbons (Fsp3) is 0.429. The van der Waals surface area contributed by atoms with E-state index >= 15 is 0 Å². The number of rotatable bonds is 5. The number of nitrogens with one attached hydrogen (secondary N) is 1. The van der Waals surface area contributed by atoms with Crippen molar-refractivity contribution < 1.29 is 0 Å². The average Bonchev–Trinajstić information content (AvgIpc) is 2.73. The smallest absolute Gasteiger partial charge is 0.0346 e. The zero-order chi connectivity index (χ0) is 11.4. The predicted octanol–water partition coefficient (Wildman–Crippen LogP) is 4.04. The van der Waals surface area contributed by atoms with Crippen molar-refractivity contribution in [1.29, 1.82) is 0 Å². The molecule has 86 valence electrons. The Hall–Kier alpha value is -0.860. The molecule has 1 nitrogen and oxygen atoms in total. The van der Waals surface area contributed by atoms with Crippen LogP contribution in [0.4, 0.5) is 0 Å². The summed E-state index contributed by atoms with van der Waals surface area (Å²) in [5, 5.41) is 7.22. The molecule has 1 aromatic heterocycles. The Morgan fingerprint density at radius 3 is 2.94 bits per heavy atom. The van der Waals surface area contributed by atoms with Crippen molar-refractivity contribution in [2.45, 2.75) is 26.8 Å². The molecule has 0 fully saturated rings. The third-order valence-electron chi connectivity index (χ3n) is 3.07. The normalized spacial score (nSPS) is 13.1. The van der Waals surface area contributed by atoms with Crippen LogP contribution < -0.4 is 5.32 Å². The quantitative estimate of drug-likeness (QED) is 0.822. The van der Waals surface area contributed by atoms with Gasteiger partial charge in [-0.1, -0.05) is 38.5 Å². The summed E-state index contributed by atoms with van der Waals surface area (Å²) in [4.78, 5) is 0. The van der Waals surface area contributed by atoms with Crippen LogP contribution in [0.5, 0.6) is 0 Å². The maximum Gasteiger partial charge on any atom is 0.0346 e. The highest BCUT2D eigenvalue weighted by Gasteiger charge is 2.03. The minimum atomic E-state index is 0.768. The van der Waals surface area contributed by atoms with Gasteiger partial charge in [0, 0.05) is 11.2 Å². The van der Waals surface area contributed by atoms with Crippen molar-refractivity contribution in [3.63, 3.8) is 0 Å². The number of hydrogen-bond acceptors (Lipinski definition) is 2. The highest BCUT2D eigenvalue weighted by Crippen LogP contribution is 2.25. The molecule has 0 radical (unpaired) electrons. The fourth-order valence-electron chi connectivity index (χ4n) is 1.77. The summed E-state index contributed by atoms with van der Waals surface area (Å²) in [6, 6.07) is 8.63. The van der Waals surface area contributed by atoms with Crippen molar-refractivity contribution in [3.05, 3.63) is 35.2 Å². The van der Waals surface area contributed by atoms with Gasteiger partial charge in [-0.25, -0.2) is 0 Å². The second-order valence-corrected chi connectivity index (χ2v) is 5.31. The Kier molecular flexibility index (Phi) is 3.97. The Bertz CT molecular complexity index is 447. The molecule has 0 aliphatic rings. The molecule has 1 unspecified atom stereocenters. The van der Waals surface area contributed by atoms with E-state index in [1.54, 1.807) is 0 Å². The highest BCUT2D eigenvalue weighted by molar-refractivity contribution is 7.17. The Balaban J connectivity index is 1.99. The lowest BCUT2D eigenvalue weighted by Crippen LogP contribution is -2.20. The molecule has 0 saturated carbocycles. The van der Waals surface area contributed by atoms with Crippen LogP contribution in [0.25, 0.3) is 10.1 Å². The van der Waals surface area contributed by atoms with E-state index in [0.717, 1.165) is 19.0 Å². The van der Waals surface area contributed by atoms with Crippen LogP contribution in [0.3, 0.4) is 0 Å². The SMILES string of the molecule is CCC(C)CNCc1csc2ccccc12. The third kappa shape index (κ3) is 2.63. The van der Waals surface area contributed by atoms with Crippen LogP contribution in [0.15, 0.2) is 29.6 Å². The van der Waals surface area contributed by atoms with E-state index in [2.05, 4.69) is 48.8 Å². The zero-order valence-electron chi connectivity index (χ0n) is 9.99. The zero-order valence-corrected chi connectivity index (χ0v) is 10.8. The van der Waals surface area contributed by atoms with Gasteiger partial charge < -0.3 is 5.32 Å². The first-order valence-electron chi connectivity index (χ1n) is 5.97. The summed E-state index contributed by atoms with van der Waals surface area (Å²) in [6.07, 6.45) is 1.25. The van der Waals surface area contributed by atoms with Gasteiger partial charge in [0.2, 0.25) is 0 Å². The standard InChI is InChI=1S/C14H19NS/c1-3-11(2)8-15-9-12-10-16-14-7-5-4-6-13(12)14/h4-7,10-11,15H,3,8-9H2,1-2H3. The van der Waals surface area contributed by atoms with E-state index in [4.69, 9.17) is 0 Å². The molecule has 0 saturated heterocycles. The fourth-order valence-corrected chi connectivity index (χ4v) is 2.73. The van der Waals surface area contributed by atoms with Crippen molar-refractivity contribution in [2.75, 3.05) is 6.54 Å². The van der Waals surface area contributed by atoms with Crippen molar-refractivity contribution in [3.8, 4) is 0 Å². The van der Waals surface area contributed by atoms with E-state index in [1.165, 1.54) is 22.1 Å². The molecular weight excluding hydrogens is 214 g/mol. The lowest BCUT2D eigenvalue weighted by atomic mass is 10.1. The molecule has 16 heavy (non-hydrogen) atoms.